The van der Waals surface area contributed by atoms with Gasteiger partial charge in [-0.15, -0.1) is 0 Å². The van der Waals surface area contributed by atoms with Crippen LogP contribution in [0.1, 0.15) is 18.3 Å². The third-order valence-corrected chi connectivity index (χ3v) is 3.77. The molecule has 1 aromatic heterocycles. The molecule has 0 aliphatic rings. The van der Waals surface area contributed by atoms with E-state index in [1.165, 1.54) is 0 Å². The van der Waals surface area contributed by atoms with Crippen LogP contribution in [-0.4, -0.2) is 17.0 Å². The number of nitrogens with zero attached hydrogens (tertiary/aromatic N) is 2. The van der Waals surface area contributed by atoms with Gasteiger partial charge >= 0.3 is 0 Å². The van der Waals surface area contributed by atoms with Crippen molar-refractivity contribution < 1.29 is 0 Å². The SMILES string of the molecule is CCc1nc(NC)c(C)c(-c2cccc(Cl)c2Cl)n1. The van der Waals surface area contributed by atoms with Crippen molar-refractivity contribution in [2.45, 2.75) is 20.3 Å². The Morgan fingerprint density at radius 3 is 2.58 bits per heavy atom. The van der Waals surface area contributed by atoms with Crippen LogP contribution in [0, 0.1) is 6.92 Å². The van der Waals surface area contributed by atoms with Crippen LogP contribution in [0.5, 0.6) is 0 Å². The number of aromatic nitrogens is 2. The number of hydrogen-bond donors (Lipinski definition) is 1. The summed E-state index contributed by atoms with van der Waals surface area (Å²) in [7, 11) is 1.85. The third-order valence-electron chi connectivity index (χ3n) is 2.95. The Morgan fingerprint density at radius 2 is 1.95 bits per heavy atom. The molecular formula is C14H15Cl2N3. The first-order valence-electron chi connectivity index (χ1n) is 6.08. The van der Waals surface area contributed by atoms with Crippen molar-refractivity contribution in [1.82, 2.24) is 9.97 Å². The van der Waals surface area contributed by atoms with Gasteiger partial charge in [-0.05, 0) is 13.0 Å². The van der Waals surface area contributed by atoms with E-state index in [4.69, 9.17) is 23.2 Å². The lowest BCUT2D eigenvalue weighted by molar-refractivity contribution is 0.936. The molecule has 2 rings (SSSR count). The number of halogens is 2. The summed E-state index contributed by atoms with van der Waals surface area (Å²) in [5, 5.41) is 4.14. The van der Waals surface area contributed by atoms with Gasteiger partial charge in [0, 0.05) is 24.6 Å². The molecular weight excluding hydrogens is 281 g/mol. The molecule has 0 amide bonds. The first-order valence-corrected chi connectivity index (χ1v) is 6.83. The minimum absolute atomic E-state index is 0.523. The van der Waals surface area contributed by atoms with Gasteiger partial charge in [-0.2, -0.15) is 0 Å². The number of aryl methyl sites for hydroxylation is 1. The molecule has 0 spiro atoms. The molecule has 0 aliphatic heterocycles. The summed E-state index contributed by atoms with van der Waals surface area (Å²) >= 11 is 12.4. The number of benzene rings is 1. The molecule has 19 heavy (non-hydrogen) atoms. The normalized spacial score (nSPS) is 10.6. The summed E-state index contributed by atoms with van der Waals surface area (Å²) in [6.07, 6.45) is 0.764. The van der Waals surface area contributed by atoms with E-state index in [2.05, 4.69) is 15.3 Å². The zero-order valence-corrected chi connectivity index (χ0v) is 12.6. The van der Waals surface area contributed by atoms with Crippen molar-refractivity contribution >= 4 is 29.0 Å². The lowest BCUT2D eigenvalue weighted by atomic mass is 10.1. The summed E-state index contributed by atoms with van der Waals surface area (Å²) in [5.41, 5.74) is 2.62. The van der Waals surface area contributed by atoms with E-state index >= 15 is 0 Å². The van der Waals surface area contributed by atoms with Crippen LogP contribution < -0.4 is 5.32 Å². The second-order valence-corrected chi connectivity index (χ2v) is 4.95. The highest BCUT2D eigenvalue weighted by atomic mass is 35.5. The molecule has 0 radical (unpaired) electrons. The highest BCUT2D eigenvalue weighted by molar-refractivity contribution is 6.43. The highest BCUT2D eigenvalue weighted by Gasteiger charge is 2.15. The molecule has 1 N–H and O–H groups in total. The van der Waals surface area contributed by atoms with E-state index in [1.807, 2.05) is 33.0 Å². The van der Waals surface area contributed by atoms with E-state index in [-0.39, 0.29) is 0 Å². The predicted molar refractivity (Wildman–Crippen MR) is 81.1 cm³/mol. The van der Waals surface area contributed by atoms with Gasteiger partial charge in [0.25, 0.3) is 0 Å². The average Bonchev–Trinajstić information content (AvgIpc) is 2.42. The topological polar surface area (TPSA) is 37.8 Å². The van der Waals surface area contributed by atoms with E-state index in [0.29, 0.717) is 10.0 Å². The van der Waals surface area contributed by atoms with Crippen LogP contribution in [-0.2, 0) is 6.42 Å². The molecule has 2 aromatic rings. The first kappa shape index (κ1) is 14.1. The van der Waals surface area contributed by atoms with Crippen LogP contribution >= 0.6 is 23.2 Å². The van der Waals surface area contributed by atoms with Crippen molar-refractivity contribution in [3.05, 3.63) is 39.6 Å². The molecule has 100 valence electrons. The maximum Gasteiger partial charge on any atom is 0.132 e. The quantitative estimate of drug-likeness (QED) is 0.914. The van der Waals surface area contributed by atoms with Crippen molar-refractivity contribution in [3.8, 4) is 11.3 Å². The fraction of sp³-hybridized carbons (Fsp3) is 0.286. The maximum atomic E-state index is 6.28. The van der Waals surface area contributed by atoms with Gasteiger partial charge < -0.3 is 5.32 Å². The second kappa shape index (κ2) is 5.76. The fourth-order valence-corrected chi connectivity index (χ4v) is 2.30. The Bertz CT molecular complexity index is 612. The number of nitrogens with one attached hydrogen (secondary N) is 1. The zero-order valence-electron chi connectivity index (χ0n) is 11.1. The third kappa shape index (κ3) is 2.67. The molecule has 3 nitrogen and oxygen atoms in total. The van der Waals surface area contributed by atoms with Crippen LogP contribution in [0.15, 0.2) is 18.2 Å². The van der Waals surface area contributed by atoms with E-state index in [1.54, 1.807) is 6.07 Å². The smallest absolute Gasteiger partial charge is 0.132 e. The van der Waals surface area contributed by atoms with E-state index in [0.717, 1.165) is 34.9 Å². The Balaban J connectivity index is 2.70. The summed E-state index contributed by atoms with van der Waals surface area (Å²) in [5.74, 6) is 1.60. The maximum absolute atomic E-state index is 6.28. The van der Waals surface area contributed by atoms with Crippen LogP contribution in [0.4, 0.5) is 5.82 Å². The fourth-order valence-electron chi connectivity index (χ4n) is 1.91. The van der Waals surface area contributed by atoms with Crippen LogP contribution in [0.25, 0.3) is 11.3 Å². The van der Waals surface area contributed by atoms with Gasteiger partial charge in [-0.25, -0.2) is 9.97 Å². The van der Waals surface area contributed by atoms with Crippen molar-refractivity contribution in [3.63, 3.8) is 0 Å². The van der Waals surface area contributed by atoms with Gasteiger partial charge in [0.15, 0.2) is 0 Å². The molecule has 0 fully saturated rings. The van der Waals surface area contributed by atoms with Gasteiger partial charge in [0.1, 0.15) is 11.6 Å². The largest absolute Gasteiger partial charge is 0.373 e. The Labute approximate surface area is 123 Å². The summed E-state index contributed by atoms with van der Waals surface area (Å²) < 4.78 is 0. The molecule has 0 unspecified atom stereocenters. The van der Waals surface area contributed by atoms with Crippen molar-refractivity contribution in [2.75, 3.05) is 12.4 Å². The van der Waals surface area contributed by atoms with E-state index < -0.39 is 0 Å². The lowest BCUT2D eigenvalue weighted by Gasteiger charge is -2.13. The summed E-state index contributed by atoms with van der Waals surface area (Å²) in [6, 6.07) is 5.56. The van der Waals surface area contributed by atoms with E-state index in [9.17, 15) is 0 Å². The minimum Gasteiger partial charge on any atom is -0.373 e. The second-order valence-electron chi connectivity index (χ2n) is 4.17. The molecule has 5 heteroatoms. The van der Waals surface area contributed by atoms with Crippen LogP contribution in [0.2, 0.25) is 10.0 Å². The molecule has 0 saturated heterocycles. The molecule has 0 saturated carbocycles. The molecule has 0 aliphatic carbocycles. The summed E-state index contributed by atoms with van der Waals surface area (Å²) in [4.78, 5) is 9.03. The molecule has 0 bridgehead atoms. The standard InChI is InChI=1S/C14H15Cl2N3/c1-4-11-18-13(8(2)14(17-3)19-11)9-6-5-7-10(15)12(9)16/h5-7H,4H2,1-3H3,(H,17,18,19). The highest BCUT2D eigenvalue weighted by Crippen LogP contribution is 2.35. The van der Waals surface area contributed by atoms with Gasteiger partial charge in [0.05, 0.1) is 15.7 Å². The average molecular weight is 296 g/mol. The monoisotopic (exact) mass is 295 g/mol. The lowest BCUT2D eigenvalue weighted by Crippen LogP contribution is -2.04. The van der Waals surface area contributed by atoms with Gasteiger partial charge in [-0.3, -0.25) is 0 Å². The Hall–Kier alpha value is -1.32. The summed E-state index contributed by atoms with van der Waals surface area (Å²) in [6.45, 7) is 3.99. The number of hydrogen-bond acceptors (Lipinski definition) is 3. The molecule has 1 heterocycles. The number of rotatable bonds is 3. The van der Waals surface area contributed by atoms with Gasteiger partial charge in [-0.1, -0.05) is 42.3 Å². The zero-order chi connectivity index (χ0) is 14.0. The van der Waals surface area contributed by atoms with Crippen molar-refractivity contribution in [2.24, 2.45) is 0 Å². The number of anilines is 1. The Morgan fingerprint density at radius 1 is 1.21 bits per heavy atom. The first-order chi connectivity index (χ1) is 9.08. The Kier molecular flexibility index (Phi) is 4.27. The van der Waals surface area contributed by atoms with Gasteiger partial charge in [0.2, 0.25) is 0 Å². The molecule has 1 aromatic carbocycles. The van der Waals surface area contributed by atoms with Crippen molar-refractivity contribution in [1.29, 1.82) is 0 Å². The predicted octanol–water partition coefficient (Wildman–Crippen LogP) is 4.36. The van der Waals surface area contributed by atoms with Crippen LogP contribution in [0.3, 0.4) is 0 Å². The minimum atomic E-state index is 0.523. The molecule has 0 atom stereocenters.